The summed E-state index contributed by atoms with van der Waals surface area (Å²) < 4.78 is 5.88. The first-order valence-electron chi connectivity index (χ1n) is 9.56. The van der Waals surface area contributed by atoms with Crippen molar-refractivity contribution in [2.24, 2.45) is 5.92 Å². The number of nitrogens with zero attached hydrogens (tertiary/aromatic N) is 5. The number of amides is 1. The molecular weight excluding hydrogens is 344 g/mol. The molecule has 0 aromatic carbocycles. The van der Waals surface area contributed by atoms with Crippen molar-refractivity contribution in [3.8, 4) is 0 Å². The van der Waals surface area contributed by atoms with Gasteiger partial charge in [0.1, 0.15) is 6.10 Å². The standard InChI is InChI=1S/C19H24N6O2/c26-18(14-5-2-1-3-6-14)25-9-10-27-16(13-25)15-11-20-12-17(23-15)24-19-21-7-4-8-22-19/h4,7-8,11-12,14,16H,1-3,5-6,9-10,13H2,(H,21,22,23,24)/t16-/m1/s1. The molecule has 0 bridgehead atoms. The van der Waals surface area contributed by atoms with Crippen LogP contribution < -0.4 is 5.32 Å². The summed E-state index contributed by atoms with van der Waals surface area (Å²) in [6.45, 7) is 1.69. The zero-order chi connectivity index (χ0) is 18.5. The molecule has 1 N–H and O–H groups in total. The Morgan fingerprint density at radius 1 is 1.15 bits per heavy atom. The molecule has 27 heavy (non-hydrogen) atoms. The zero-order valence-corrected chi connectivity index (χ0v) is 15.3. The van der Waals surface area contributed by atoms with Crippen LogP contribution in [0.15, 0.2) is 30.9 Å². The van der Waals surface area contributed by atoms with Crippen molar-refractivity contribution in [2.45, 2.75) is 38.2 Å². The second-order valence-electron chi connectivity index (χ2n) is 7.01. The second kappa shape index (κ2) is 8.39. The van der Waals surface area contributed by atoms with E-state index in [4.69, 9.17) is 4.74 Å². The largest absolute Gasteiger partial charge is 0.368 e. The number of nitrogens with one attached hydrogen (secondary N) is 1. The number of carbonyl (C=O) groups is 1. The number of rotatable bonds is 4. The minimum absolute atomic E-state index is 0.173. The minimum Gasteiger partial charge on any atom is -0.368 e. The molecule has 3 heterocycles. The highest BCUT2D eigenvalue weighted by Crippen LogP contribution is 2.28. The molecule has 1 saturated heterocycles. The van der Waals surface area contributed by atoms with Crippen LogP contribution in [-0.4, -0.2) is 50.4 Å². The van der Waals surface area contributed by atoms with E-state index in [1.165, 1.54) is 6.42 Å². The second-order valence-corrected chi connectivity index (χ2v) is 7.01. The third kappa shape index (κ3) is 4.39. The van der Waals surface area contributed by atoms with Gasteiger partial charge in [0.05, 0.1) is 31.2 Å². The number of ether oxygens (including phenoxy) is 1. The highest BCUT2D eigenvalue weighted by Gasteiger charge is 2.31. The van der Waals surface area contributed by atoms with E-state index in [9.17, 15) is 4.79 Å². The van der Waals surface area contributed by atoms with Gasteiger partial charge in [-0.15, -0.1) is 0 Å². The third-order valence-electron chi connectivity index (χ3n) is 5.12. The van der Waals surface area contributed by atoms with Gasteiger partial charge in [-0.05, 0) is 18.9 Å². The minimum atomic E-state index is -0.266. The van der Waals surface area contributed by atoms with Crippen LogP contribution in [0.2, 0.25) is 0 Å². The molecule has 4 rings (SSSR count). The molecule has 0 unspecified atom stereocenters. The normalized spacial score (nSPS) is 21.0. The van der Waals surface area contributed by atoms with E-state index in [1.807, 2.05) is 4.90 Å². The molecule has 1 aliphatic heterocycles. The lowest BCUT2D eigenvalue weighted by atomic mass is 9.88. The fourth-order valence-corrected chi connectivity index (χ4v) is 3.71. The van der Waals surface area contributed by atoms with Crippen molar-refractivity contribution < 1.29 is 9.53 Å². The van der Waals surface area contributed by atoms with Crippen LogP contribution in [0.5, 0.6) is 0 Å². The molecule has 2 aromatic rings. The Hall–Kier alpha value is -2.61. The van der Waals surface area contributed by atoms with Crippen LogP contribution in [0.1, 0.15) is 43.9 Å². The van der Waals surface area contributed by atoms with Gasteiger partial charge in [-0.3, -0.25) is 9.78 Å². The van der Waals surface area contributed by atoms with Gasteiger partial charge in [0, 0.05) is 24.9 Å². The number of aromatic nitrogens is 4. The Labute approximate surface area is 158 Å². The van der Waals surface area contributed by atoms with E-state index in [1.54, 1.807) is 30.9 Å². The molecule has 2 aliphatic rings. The summed E-state index contributed by atoms with van der Waals surface area (Å²) in [5.41, 5.74) is 0.706. The van der Waals surface area contributed by atoms with Gasteiger partial charge in [0.25, 0.3) is 0 Å². The first-order chi connectivity index (χ1) is 13.3. The summed E-state index contributed by atoms with van der Waals surface area (Å²) in [7, 11) is 0. The van der Waals surface area contributed by atoms with Crippen molar-refractivity contribution in [1.82, 2.24) is 24.8 Å². The van der Waals surface area contributed by atoms with Crippen molar-refractivity contribution in [1.29, 1.82) is 0 Å². The summed E-state index contributed by atoms with van der Waals surface area (Å²) >= 11 is 0. The lowest BCUT2D eigenvalue weighted by Gasteiger charge is -2.35. The Morgan fingerprint density at radius 2 is 1.96 bits per heavy atom. The Kier molecular flexibility index (Phi) is 5.53. The number of hydrogen-bond donors (Lipinski definition) is 1. The Bertz CT molecular complexity index is 766. The number of anilines is 2. The molecule has 2 fully saturated rings. The highest BCUT2D eigenvalue weighted by atomic mass is 16.5. The topological polar surface area (TPSA) is 93.1 Å². The fourth-order valence-electron chi connectivity index (χ4n) is 3.71. The Morgan fingerprint density at radius 3 is 2.78 bits per heavy atom. The maximum absolute atomic E-state index is 12.8. The van der Waals surface area contributed by atoms with E-state index in [-0.39, 0.29) is 17.9 Å². The van der Waals surface area contributed by atoms with Gasteiger partial charge in [0.15, 0.2) is 5.82 Å². The molecule has 1 saturated carbocycles. The van der Waals surface area contributed by atoms with Crippen molar-refractivity contribution in [3.63, 3.8) is 0 Å². The summed E-state index contributed by atoms with van der Waals surface area (Å²) in [6.07, 6.45) is 11.9. The van der Waals surface area contributed by atoms with Crippen LogP contribution in [0.4, 0.5) is 11.8 Å². The van der Waals surface area contributed by atoms with Gasteiger partial charge >= 0.3 is 0 Å². The van der Waals surface area contributed by atoms with Crippen molar-refractivity contribution in [3.05, 3.63) is 36.5 Å². The number of hydrogen-bond acceptors (Lipinski definition) is 7. The molecule has 142 valence electrons. The third-order valence-corrected chi connectivity index (χ3v) is 5.12. The van der Waals surface area contributed by atoms with Crippen molar-refractivity contribution >= 4 is 17.7 Å². The molecule has 8 heteroatoms. The van der Waals surface area contributed by atoms with Crippen LogP contribution in [0, 0.1) is 5.92 Å². The number of morpholine rings is 1. The van der Waals surface area contributed by atoms with Gasteiger partial charge in [-0.2, -0.15) is 0 Å². The fraction of sp³-hybridized carbons (Fsp3) is 0.526. The monoisotopic (exact) mass is 368 g/mol. The average molecular weight is 368 g/mol. The van der Waals surface area contributed by atoms with Crippen molar-refractivity contribution in [2.75, 3.05) is 25.0 Å². The van der Waals surface area contributed by atoms with Crippen LogP contribution in [0.3, 0.4) is 0 Å². The molecule has 0 spiro atoms. The molecule has 2 aromatic heterocycles. The van der Waals surface area contributed by atoms with Gasteiger partial charge in [-0.25, -0.2) is 15.0 Å². The van der Waals surface area contributed by atoms with E-state index < -0.39 is 0 Å². The van der Waals surface area contributed by atoms with E-state index in [2.05, 4.69) is 25.3 Å². The lowest BCUT2D eigenvalue weighted by Crippen LogP contribution is -2.45. The average Bonchev–Trinajstić information content (AvgIpc) is 2.75. The van der Waals surface area contributed by atoms with Crippen LogP contribution in [-0.2, 0) is 9.53 Å². The van der Waals surface area contributed by atoms with Gasteiger partial charge in [-0.1, -0.05) is 19.3 Å². The molecule has 8 nitrogen and oxygen atoms in total. The summed E-state index contributed by atoms with van der Waals surface area (Å²) in [4.78, 5) is 31.9. The first-order valence-corrected chi connectivity index (χ1v) is 9.56. The molecule has 1 aliphatic carbocycles. The first kappa shape index (κ1) is 17.8. The van der Waals surface area contributed by atoms with Gasteiger partial charge in [0.2, 0.25) is 11.9 Å². The predicted molar refractivity (Wildman–Crippen MR) is 99.2 cm³/mol. The van der Waals surface area contributed by atoms with Crippen LogP contribution >= 0.6 is 0 Å². The smallest absolute Gasteiger partial charge is 0.228 e. The maximum atomic E-state index is 12.8. The molecule has 1 amide bonds. The van der Waals surface area contributed by atoms with Crippen LogP contribution in [0.25, 0.3) is 0 Å². The van der Waals surface area contributed by atoms with E-state index in [0.29, 0.717) is 37.2 Å². The lowest BCUT2D eigenvalue weighted by molar-refractivity contribution is -0.144. The highest BCUT2D eigenvalue weighted by molar-refractivity contribution is 5.79. The summed E-state index contributed by atoms with van der Waals surface area (Å²) in [5.74, 6) is 1.45. The predicted octanol–water partition coefficient (Wildman–Crippen LogP) is 2.49. The number of carbonyl (C=O) groups excluding carboxylic acids is 1. The quantitative estimate of drug-likeness (QED) is 0.886. The van der Waals surface area contributed by atoms with Gasteiger partial charge < -0.3 is 15.0 Å². The van der Waals surface area contributed by atoms with E-state index in [0.717, 1.165) is 25.7 Å². The zero-order valence-electron chi connectivity index (χ0n) is 15.3. The molecule has 0 radical (unpaired) electrons. The van der Waals surface area contributed by atoms with E-state index >= 15 is 0 Å². The molecule has 1 atom stereocenters. The Balaban J connectivity index is 1.43. The maximum Gasteiger partial charge on any atom is 0.228 e. The SMILES string of the molecule is O=C(C1CCCCC1)N1CCO[C@@H](c2cncc(Nc3ncccn3)n2)C1. The summed E-state index contributed by atoms with van der Waals surface area (Å²) in [6, 6.07) is 1.75. The molecular formula is C19H24N6O2. The summed E-state index contributed by atoms with van der Waals surface area (Å²) in [5, 5.41) is 3.04.